The molecule has 1 aromatic carbocycles. The van der Waals surface area contributed by atoms with E-state index in [1.54, 1.807) is 4.90 Å². The van der Waals surface area contributed by atoms with Crippen molar-refractivity contribution in [3.05, 3.63) is 35.9 Å². The molecular formula is C23H30BrNO3. The number of esters is 1. The minimum Gasteiger partial charge on any atom is -0.455 e. The average Bonchev–Trinajstić information content (AvgIpc) is 2.62. The number of hydrogen-bond donors (Lipinski definition) is 0. The zero-order valence-corrected chi connectivity index (χ0v) is 18.4. The van der Waals surface area contributed by atoms with E-state index in [4.69, 9.17) is 4.74 Å². The molecule has 0 radical (unpaired) electrons. The number of halogens is 1. The molecular weight excluding hydrogens is 418 g/mol. The number of nitrogens with zero attached hydrogens (tertiary/aromatic N) is 1. The van der Waals surface area contributed by atoms with Crippen LogP contribution in [0.2, 0.25) is 0 Å². The molecule has 0 aromatic heterocycles. The van der Waals surface area contributed by atoms with Gasteiger partial charge in [-0.05, 0) is 69.8 Å². The predicted molar refractivity (Wildman–Crippen MR) is 112 cm³/mol. The molecule has 0 spiro atoms. The molecule has 4 aliphatic carbocycles. The van der Waals surface area contributed by atoms with E-state index in [1.165, 1.54) is 19.3 Å². The van der Waals surface area contributed by atoms with Crippen LogP contribution < -0.4 is 0 Å². The standard InChI is InChI=1S/C23H30BrNO3/c1-16(2)25(13-17-6-4-3-5-7-17)20(26)14-28-21(27)22-9-18-8-19(10-22)12-23(24,11-18)15-22/h3-7,16,18-19H,8-15H2,1-2H3. The van der Waals surface area contributed by atoms with E-state index < -0.39 is 0 Å². The highest BCUT2D eigenvalue weighted by Crippen LogP contribution is 2.64. The molecule has 2 unspecified atom stereocenters. The van der Waals surface area contributed by atoms with Gasteiger partial charge in [0.15, 0.2) is 6.61 Å². The summed E-state index contributed by atoms with van der Waals surface area (Å²) >= 11 is 3.94. The van der Waals surface area contributed by atoms with Gasteiger partial charge < -0.3 is 9.64 Å². The van der Waals surface area contributed by atoms with Crippen molar-refractivity contribution < 1.29 is 14.3 Å². The fourth-order valence-corrected chi connectivity index (χ4v) is 7.54. The Bertz CT molecular complexity index is 733. The Morgan fingerprint density at radius 3 is 2.36 bits per heavy atom. The van der Waals surface area contributed by atoms with E-state index in [0.29, 0.717) is 18.4 Å². The molecule has 0 saturated heterocycles. The molecule has 0 aliphatic heterocycles. The number of carbonyl (C=O) groups is 2. The number of benzene rings is 1. The largest absolute Gasteiger partial charge is 0.455 e. The maximum absolute atomic E-state index is 13.1. The SMILES string of the molecule is CC(C)N(Cc1ccccc1)C(=O)COC(=O)C12CC3CC(CC(Br)(C3)C1)C2. The van der Waals surface area contributed by atoms with Gasteiger partial charge in [0.2, 0.25) is 0 Å². The first-order chi connectivity index (χ1) is 13.3. The van der Waals surface area contributed by atoms with Crippen LogP contribution in [0.4, 0.5) is 0 Å². The quantitative estimate of drug-likeness (QED) is 0.468. The van der Waals surface area contributed by atoms with Gasteiger partial charge in [-0.15, -0.1) is 0 Å². The molecule has 5 heteroatoms. The second kappa shape index (κ2) is 7.47. The predicted octanol–water partition coefficient (Wildman–Crippen LogP) is 4.70. The molecule has 28 heavy (non-hydrogen) atoms. The van der Waals surface area contributed by atoms with Gasteiger partial charge in [0, 0.05) is 16.9 Å². The molecule has 4 aliphatic rings. The van der Waals surface area contributed by atoms with Crippen LogP contribution in [-0.4, -0.2) is 33.7 Å². The lowest BCUT2D eigenvalue weighted by atomic mass is 9.49. The third-order valence-corrected chi connectivity index (χ3v) is 7.82. The van der Waals surface area contributed by atoms with E-state index in [-0.39, 0.29) is 34.3 Å². The van der Waals surface area contributed by atoms with Crippen LogP contribution in [0.25, 0.3) is 0 Å². The Morgan fingerprint density at radius 1 is 1.14 bits per heavy atom. The second-order valence-electron chi connectivity index (χ2n) is 9.57. The molecule has 2 atom stereocenters. The van der Waals surface area contributed by atoms with E-state index in [2.05, 4.69) is 15.9 Å². The summed E-state index contributed by atoms with van der Waals surface area (Å²) in [6.07, 6.45) is 6.33. The van der Waals surface area contributed by atoms with Gasteiger partial charge in [0.05, 0.1) is 5.41 Å². The summed E-state index contributed by atoms with van der Waals surface area (Å²) in [6, 6.07) is 9.99. The Morgan fingerprint density at radius 2 is 1.79 bits per heavy atom. The third-order valence-electron chi connectivity index (χ3n) is 6.89. The molecule has 4 nitrogen and oxygen atoms in total. The van der Waals surface area contributed by atoms with Crippen molar-refractivity contribution in [2.45, 2.75) is 69.3 Å². The molecule has 0 N–H and O–H groups in total. The lowest BCUT2D eigenvalue weighted by Crippen LogP contribution is -2.56. The van der Waals surface area contributed by atoms with Crippen molar-refractivity contribution >= 4 is 27.8 Å². The molecule has 4 bridgehead atoms. The Hall–Kier alpha value is -1.36. The molecule has 152 valence electrons. The third kappa shape index (κ3) is 3.87. The maximum Gasteiger partial charge on any atom is 0.312 e. The summed E-state index contributed by atoms with van der Waals surface area (Å²) in [7, 11) is 0. The first kappa shape index (κ1) is 19.9. The Labute approximate surface area is 176 Å². The highest BCUT2D eigenvalue weighted by atomic mass is 79.9. The van der Waals surface area contributed by atoms with Gasteiger partial charge in [0.25, 0.3) is 5.91 Å². The summed E-state index contributed by atoms with van der Waals surface area (Å²) < 4.78 is 5.76. The van der Waals surface area contributed by atoms with Gasteiger partial charge in [-0.25, -0.2) is 0 Å². The zero-order chi connectivity index (χ0) is 19.9. The summed E-state index contributed by atoms with van der Waals surface area (Å²) in [5.74, 6) is 0.968. The normalized spacial score (nSPS) is 33.1. The van der Waals surface area contributed by atoms with Crippen LogP contribution in [0.1, 0.15) is 57.9 Å². The van der Waals surface area contributed by atoms with E-state index in [9.17, 15) is 9.59 Å². The van der Waals surface area contributed by atoms with Crippen LogP contribution >= 0.6 is 15.9 Å². The van der Waals surface area contributed by atoms with Crippen LogP contribution in [-0.2, 0) is 20.9 Å². The smallest absolute Gasteiger partial charge is 0.312 e. The number of ether oxygens (including phenoxy) is 1. The van der Waals surface area contributed by atoms with Crippen molar-refractivity contribution in [3.63, 3.8) is 0 Å². The first-order valence-electron chi connectivity index (χ1n) is 10.5. The highest BCUT2D eigenvalue weighted by molar-refractivity contribution is 9.10. The molecule has 4 saturated carbocycles. The number of hydrogen-bond acceptors (Lipinski definition) is 3. The first-order valence-corrected chi connectivity index (χ1v) is 11.3. The topological polar surface area (TPSA) is 46.6 Å². The molecule has 5 rings (SSSR count). The molecule has 0 heterocycles. The van der Waals surface area contributed by atoms with Crippen LogP contribution in [0.15, 0.2) is 30.3 Å². The van der Waals surface area contributed by atoms with Gasteiger partial charge in [-0.3, -0.25) is 9.59 Å². The van der Waals surface area contributed by atoms with Gasteiger partial charge in [-0.2, -0.15) is 0 Å². The Balaban J connectivity index is 1.39. The minimum absolute atomic E-state index is 0.0526. The second-order valence-corrected chi connectivity index (χ2v) is 11.3. The fourth-order valence-electron chi connectivity index (χ4n) is 6.09. The van der Waals surface area contributed by atoms with E-state index in [1.807, 2.05) is 44.2 Å². The van der Waals surface area contributed by atoms with Crippen molar-refractivity contribution in [2.75, 3.05) is 6.61 Å². The summed E-state index contributed by atoms with van der Waals surface area (Å²) in [5, 5.41) is 0. The lowest BCUT2D eigenvalue weighted by molar-refractivity contribution is -0.173. The van der Waals surface area contributed by atoms with E-state index in [0.717, 1.165) is 24.8 Å². The summed E-state index contributed by atoms with van der Waals surface area (Å²) in [5.41, 5.74) is 0.703. The highest BCUT2D eigenvalue weighted by Gasteiger charge is 2.60. The summed E-state index contributed by atoms with van der Waals surface area (Å²) in [4.78, 5) is 27.7. The zero-order valence-electron chi connectivity index (χ0n) is 16.8. The van der Waals surface area contributed by atoms with Crippen LogP contribution in [0.3, 0.4) is 0 Å². The number of amides is 1. The van der Waals surface area contributed by atoms with Crippen LogP contribution in [0, 0.1) is 17.3 Å². The summed E-state index contributed by atoms with van der Waals surface area (Å²) in [6.45, 7) is 4.37. The molecule has 4 fully saturated rings. The molecule has 1 aromatic rings. The number of carbonyl (C=O) groups excluding carboxylic acids is 2. The monoisotopic (exact) mass is 447 g/mol. The van der Waals surface area contributed by atoms with Crippen molar-refractivity contribution in [2.24, 2.45) is 17.3 Å². The van der Waals surface area contributed by atoms with Gasteiger partial charge in [0.1, 0.15) is 0 Å². The number of alkyl halides is 1. The molecule has 1 amide bonds. The van der Waals surface area contributed by atoms with Crippen molar-refractivity contribution in [1.82, 2.24) is 4.90 Å². The Kier molecular flexibility index (Phi) is 5.32. The minimum atomic E-state index is -0.379. The fraction of sp³-hybridized carbons (Fsp3) is 0.652. The van der Waals surface area contributed by atoms with Gasteiger partial charge in [-0.1, -0.05) is 46.3 Å². The number of rotatable bonds is 6. The lowest BCUT2D eigenvalue weighted by Gasteiger charge is -2.58. The van der Waals surface area contributed by atoms with Crippen LogP contribution in [0.5, 0.6) is 0 Å². The van der Waals surface area contributed by atoms with Gasteiger partial charge >= 0.3 is 5.97 Å². The average molecular weight is 448 g/mol. The maximum atomic E-state index is 13.1. The van der Waals surface area contributed by atoms with Crippen molar-refractivity contribution in [1.29, 1.82) is 0 Å². The van der Waals surface area contributed by atoms with E-state index >= 15 is 0 Å². The van der Waals surface area contributed by atoms with Crippen molar-refractivity contribution in [3.8, 4) is 0 Å².